The van der Waals surface area contributed by atoms with Crippen LogP contribution in [0.3, 0.4) is 0 Å². The van der Waals surface area contributed by atoms with Gasteiger partial charge in [-0.15, -0.1) is 0 Å². The van der Waals surface area contributed by atoms with Crippen molar-refractivity contribution in [3.8, 4) is 5.75 Å². The normalized spacial score (nSPS) is 19.9. The molecule has 3 aromatic rings. The van der Waals surface area contributed by atoms with Crippen LogP contribution in [0.4, 0.5) is 5.69 Å². The number of fused-ring (bicyclic) bond motifs is 1. The Kier molecular flexibility index (Phi) is 13.5. The van der Waals surface area contributed by atoms with Crippen molar-refractivity contribution in [2.75, 3.05) is 38.7 Å². The second-order valence-corrected chi connectivity index (χ2v) is 12.9. The summed E-state index contributed by atoms with van der Waals surface area (Å²) in [5, 5.41) is 22.4. The zero-order chi connectivity index (χ0) is 34.6. The maximum Gasteiger partial charge on any atom is 0.335 e. The summed E-state index contributed by atoms with van der Waals surface area (Å²) in [7, 11) is 1.99. The zero-order valence-corrected chi connectivity index (χ0v) is 28.4. The number of likely N-dealkylation sites (N-methyl/N-ethyl adjacent to an activating group) is 1. The summed E-state index contributed by atoms with van der Waals surface area (Å²) in [6.45, 7) is 7.69. The fraction of sp³-hybridized carbons (Fsp3) is 0.447. The number of aromatic carboxylic acids is 1. The molecule has 3 aromatic carbocycles. The zero-order valence-electron chi connectivity index (χ0n) is 28.4. The van der Waals surface area contributed by atoms with Gasteiger partial charge in [0.1, 0.15) is 5.75 Å². The van der Waals surface area contributed by atoms with E-state index in [4.69, 9.17) is 9.47 Å². The molecule has 3 N–H and O–H groups in total. The average molecular weight is 660 g/mol. The number of carboxylic acid groups (broad SMARTS) is 1. The van der Waals surface area contributed by atoms with Gasteiger partial charge in [0.2, 0.25) is 5.91 Å². The number of hydrogen-bond donors (Lipinski definition) is 3. The van der Waals surface area contributed by atoms with Crippen LogP contribution in [0.1, 0.15) is 71.9 Å². The van der Waals surface area contributed by atoms with E-state index in [1.807, 2.05) is 63.4 Å². The molecule has 10 heteroatoms. The van der Waals surface area contributed by atoms with E-state index < -0.39 is 12.0 Å². The van der Waals surface area contributed by atoms with Gasteiger partial charge in [-0.05, 0) is 81.6 Å². The number of nitrogens with one attached hydrogen (secondary N) is 1. The van der Waals surface area contributed by atoms with Crippen molar-refractivity contribution in [1.82, 2.24) is 9.80 Å². The molecule has 0 radical (unpaired) electrons. The SMILES string of the molecule is C[C@@H]1CN([C@H](C)CO)C(=O)c2cc(NC(=O)Cc3ccccc3)ccc2O[C@@H](C)CCCCO[C@H]1CN(C)Cc1ccc(C(=O)O)cc1. The number of amides is 2. The molecule has 0 unspecified atom stereocenters. The van der Waals surface area contributed by atoms with E-state index >= 15 is 0 Å². The maximum absolute atomic E-state index is 14.4. The molecular weight excluding hydrogens is 610 g/mol. The van der Waals surface area contributed by atoms with Crippen molar-refractivity contribution in [2.45, 2.75) is 71.2 Å². The topological polar surface area (TPSA) is 129 Å². The minimum absolute atomic E-state index is 0.0974. The third-order valence-corrected chi connectivity index (χ3v) is 8.69. The molecule has 1 aliphatic rings. The van der Waals surface area contributed by atoms with Gasteiger partial charge < -0.3 is 29.9 Å². The smallest absolute Gasteiger partial charge is 0.335 e. The van der Waals surface area contributed by atoms with Crippen molar-refractivity contribution >= 4 is 23.5 Å². The second kappa shape index (κ2) is 17.8. The highest BCUT2D eigenvalue weighted by atomic mass is 16.5. The number of benzene rings is 3. The van der Waals surface area contributed by atoms with Gasteiger partial charge in [-0.3, -0.25) is 14.5 Å². The summed E-state index contributed by atoms with van der Waals surface area (Å²) in [6.07, 6.45) is 2.35. The van der Waals surface area contributed by atoms with Crippen LogP contribution < -0.4 is 10.1 Å². The molecule has 4 atom stereocenters. The number of rotatable bonds is 10. The quantitative estimate of drug-likeness (QED) is 0.261. The molecule has 10 nitrogen and oxygen atoms in total. The molecule has 0 fully saturated rings. The van der Waals surface area contributed by atoms with Crippen molar-refractivity contribution in [2.24, 2.45) is 5.92 Å². The Balaban J connectivity index is 1.57. The van der Waals surface area contributed by atoms with E-state index in [-0.39, 0.29) is 48.5 Å². The molecule has 1 heterocycles. The minimum atomic E-state index is -0.958. The summed E-state index contributed by atoms with van der Waals surface area (Å²) in [5.74, 6) is -1.11. The lowest BCUT2D eigenvalue weighted by atomic mass is 10.0. The first-order valence-corrected chi connectivity index (χ1v) is 16.7. The van der Waals surface area contributed by atoms with E-state index in [2.05, 4.69) is 17.1 Å². The van der Waals surface area contributed by atoms with Gasteiger partial charge in [-0.25, -0.2) is 4.79 Å². The predicted molar refractivity (Wildman–Crippen MR) is 185 cm³/mol. The minimum Gasteiger partial charge on any atom is -0.490 e. The van der Waals surface area contributed by atoms with Gasteiger partial charge in [0.15, 0.2) is 0 Å². The van der Waals surface area contributed by atoms with Crippen molar-refractivity contribution in [3.63, 3.8) is 0 Å². The third kappa shape index (κ3) is 10.6. The Morgan fingerprint density at radius 2 is 1.75 bits per heavy atom. The van der Waals surface area contributed by atoms with Crippen LogP contribution in [-0.4, -0.2) is 89.4 Å². The van der Waals surface area contributed by atoms with Crippen LogP contribution >= 0.6 is 0 Å². The standard InChI is InChI=1S/C38H49N3O7/c1-26-22-41(27(2)25-42)37(44)33-21-32(39-36(43)20-29-11-6-5-7-12-29)17-18-34(33)48-28(3)10-8-9-19-47-35(26)24-40(4)23-30-13-15-31(16-14-30)38(45)46/h5-7,11-18,21,26-28,35,42H,8-10,19-20,22-25H2,1-4H3,(H,39,43)(H,45,46)/t26-,27-,28+,35+/m1/s1. The first-order chi connectivity index (χ1) is 23.0. The first kappa shape index (κ1) is 36.6. The van der Waals surface area contributed by atoms with Crippen LogP contribution in [0.2, 0.25) is 0 Å². The van der Waals surface area contributed by atoms with Crippen molar-refractivity contribution < 1.29 is 34.1 Å². The fourth-order valence-corrected chi connectivity index (χ4v) is 5.89. The number of carboxylic acids is 1. The highest BCUT2D eigenvalue weighted by molar-refractivity contribution is 6.00. The lowest BCUT2D eigenvalue weighted by Crippen LogP contribution is -2.47. The third-order valence-electron chi connectivity index (χ3n) is 8.69. The van der Waals surface area contributed by atoms with Crippen LogP contribution in [-0.2, 0) is 22.5 Å². The number of anilines is 1. The number of carbonyl (C=O) groups excluding carboxylic acids is 2. The number of aliphatic hydroxyl groups excluding tert-OH is 1. The van der Waals surface area contributed by atoms with E-state index in [0.717, 1.165) is 30.4 Å². The summed E-state index contributed by atoms with van der Waals surface area (Å²) in [4.78, 5) is 42.3. The monoisotopic (exact) mass is 659 g/mol. The van der Waals surface area contributed by atoms with Crippen molar-refractivity contribution in [1.29, 1.82) is 0 Å². The van der Waals surface area contributed by atoms with Gasteiger partial charge in [0.25, 0.3) is 5.91 Å². The Morgan fingerprint density at radius 3 is 2.44 bits per heavy atom. The Bertz CT molecular complexity index is 1500. The van der Waals surface area contributed by atoms with Gasteiger partial charge in [0.05, 0.1) is 42.4 Å². The molecule has 0 saturated carbocycles. The molecule has 0 spiro atoms. The molecule has 4 rings (SSSR count). The van der Waals surface area contributed by atoms with Gasteiger partial charge in [-0.1, -0.05) is 49.4 Å². The molecule has 0 saturated heterocycles. The fourth-order valence-electron chi connectivity index (χ4n) is 5.89. The van der Waals surface area contributed by atoms with E-state index in [1.54, 1.807) is 35.2 Å². The highest BCUT2D eigenvalue weighted by Gasteiger charge is 2.30. The highest BCUT2D eigenvalue weighted by Crippen LogP contribution is 2.29. The largest absolute Gasteiger partial charge is 0.490 e. The molecule has 0 aliphatic carbocycles. The summed E-state index contributed by atoms with van der Waals surface area (Å²) >= 11 is 0. The Hall–Kier alpha value is -4.25. The number of ether oxygens (including phenoxy) is 2. The number of aliphatic hydroxyl groups is 1. The Morgan fingerprint density at radius 1 is 1.02 bits per heavy atom. The van der Waals surface area contributed by atoms with E-state index in [1.165, 1.54) is 0 Å². The van der Waals surface area contributed by atoms with Gasteiger partial charge in [0, 0.05) is 37.8 Å². The first-order valence-electron chi connectivity index (χ1n) is 16.7. The number of hydrogen-bond acceptors (Lipinski definition) is 7. The average Bonchev–Trinajstić information content (AvgIpc) is 3.06. The van der Waals surface area contributed by atoms with E-state index in [0.29, 0.717) is 43.2 Å². The maximum atomic E-state index is 14.4. The molecule has 2 amide bonds. The lowest BCUT2D eigenvalue weighted by molar-refractivity contribution is -0.115. The Labute approximate surface area is 283 Å². The molecule has 1 aliphatic heterocycles. The van der Waals surface area contributed by atoms with Crippen LogP contribution in [0.15, 0.2) is 72.8 Å². The molecule has 0 aromatic heterocycles. The summed E-state index contributed by atoms with van der Waals surface area (Å²) < 4.78 is 12.8. The second-order valence-electron chi connectivity index (χ2n) is 12.9. The van der Waals surface area contributed by atoms with Crippen molar-refractivity contribution in [3.05, 3.63) is 95.1 Å². The number of nitrogens with zero attached hydrogens (tertiary/aromatic N) is 2. The van der Waals surface area contributed by atoms with Crippen LogP contribution in [0.25, 0.3) is 0 Å². The van der Waals surface area contributed by atoms with Gasteiger partial charge in [-0.2, -0.15) is 0 Å². The molecule has 48 heavy (non-hydrogen) atoms. The predicted octanol–water partition coefficient (Wildman–Crippen LogP) is 5.49. The molecular formula is C38H49N3O7. The summed E-state index contributed by atoms with van der Waals surface area (Å²) in [6, 6.07) is 21.0. The lowest BCUT2D eigenvalue weighted by Gasteiger charge is -2.36. The molecule has 258 valence electrons. The van der Waals surface area contributed by atoms with Crippen LogP contribution in [0, 0.1) is 5.92 Å². The summed E-state index contributed by atoms with van der Waals surface area (Å²) in [5.41, 5.74) is 2.93. The molecule has 0 bridgehead atoms. The van der Waals surface area contributed by atoms with Crippen LogP contribution in [0.5, 0.6) is 5.75 Å². The van der Waals surface area contributed by atoms with Gasteiger partial charge >= 0.3 is 5.97 Å². The van der Waals surface area contributed by atoms with E-state index in [9.17, 15) is 24.6 Å². The number of carbonyl (C=O) groups is 3.